The van der Waals surface area contributed by atoms with E-state index >= 15 is 0 Å². The number of carbonyl (C=O) groups excluding carboxylic acids is 2. The van der Waals surface area contributed by atoms with Crippen LogP contribution in [0.2, 0.25) is 0 Å². The number of nitrogens with zero attached hydrogens (tertiary/aromatic N) is 1. The summed E-state index contributed by atoms with van der Waals surface area (Å²) in [7, 11) is 0. The van der Waals surface area contributed by atoms with Crippen LogP contribution in [0.5, 0.6) is 0 Å². The third-order valence-corrected chi connectivity index (χ3v) is 2.74. The smallest absolute Gasteiger partial charge is 0.239 e. The molecule has 1 amide bonds. The minimum atomic E-state index is -0.194. The van der Waals surface area contributed by atoms with Crippen LogP contribution >= 0.6 is 0 Å². The molecule has 1 heterocycles. The number of amides is 1. The van der Waals surface area contributed by atoms with Gasteiger partial charge in [-0.3, -0.25) is 9.80 Å². The number of hydrogen-bond acceptors (Lipinski definition) is 3. The Hall–Kier alpha value is -0.900. The Morgan fingerprint density at radius 2 is 2.31 bits per heavy atom. The molecule has 1 fully saturated rings. The molecule has 0 aromatic carbocycles. The molecule has 0 aromatic heterocycles. The van der Waals surface area contributed by atoms with Crippen LogP contribution in [-0.2, 0) is 9.59 Å². The van der Waals surface area contributed by atoms with Gasteiger partial charge >= 0.3 is 0 Å². The molecule has 0 bridgehead atoms. The Labute approximate surface area is 78.3 Å². The maximum absolute atomic E-state index is 11.4. The summed E-state index contributed by atoms with van der Waals surface area (Å²) < 4.78 is 0. The van der Waals surface area contributed by atoms with E-state index in [1.165, 1.54) is 5.01 Å². The lowest BCUT2D eigenvalue weighted by atomic mass is 9.87. The fourth-order valence-electron chi connectivity index (χ4n) is 1.37. The third-order valence-electron chi connectivity index (χ3n) is 2.74. The van der Waals surface area contributed by atoms with Gasteiger partial charge in [0.2, 0.25) is 5.91 Å². The average molecular weight is 184 g/mol. The van der Waals surface area contributed by atoms with Gasteiger partial charge in [0.15, 0.2) is 0 Å². The fourth-order valence-corrected chi connectivity index (χ4v) is 1.37. The molecule has 0 aromatic rings. The number of aldehydes is 1. The highest BCUT2D eigenvalue weighted by Crippen LogP contribution is 2.26. The molecule has 1 N–H and O–H groups in total. The van der Waals surface area contributed by atoms with Crippen LogP contribution in [0.25, 0.3) is 0 Å². The summed E-state index contributed by atoms with van der Waals surface area (Å²) in [6, 6.07) is 0. The van der Waals surface area contributed by atoms with Gasteiger partial charge < -0.3 is 4.79 Å². The Balaban J connectivity index is 2.68. The van der Waals surface area contributed by atoms with Crippen LogP contribution < -0.4 is 5.43 Å². The highest BCUT2D eigenvalue weighted by atomic mass is 16.2. The van der Waals surface area contributed by atoms with E-state index < -0.39 is 0 Å². The first-order valence-electron chi connectivity index (χ1n) is 4.51. The van der Waals surface area contributed by atoms with Gasteiger partial charge in [0.05, 0.1) is 6.54 Å². The number of hydrogen-bond donors (Lipinski definition) is 1. The van der Waals surface area contributed by atoms with Gasteiger partial charge in [-0.1, -0.05) is 13.8 Å². The summed E-state index contributed by atoms with van der Waals surface area (Å²) in [5.74, 6) is 0.372. The molecule has 4 heteroatoms. The fraction of sp³-hybridized carbons (Fsp3) is 0.778. The largest absolute Gasteiger partial charge is 0.301 e. The quantitative estimate of drug-likeness (QED) is 0.643. The molecule has 0 radical (unpaired) electrons. The van der Waals surface area contributed by atoms with E-state index in [2.05, 4.69) is 19.3 Å². The summed E-state index contributed by atoms with van der Waals surface area (Å²) in [5, 5.41) is 1.40. The van der Waals surface area contributed by atoms with Gasteiger partial charge in [0, 0.05) is 12.0 Å². The standard InChI is InChI=1S/C9H16N2O2/c1-7(2)9(3)6-8(13)11(10-9)4-5-12/h5,7,10H,4,6H2,1-3H3. The number of hydrazine groups is 1. The maximum atomic E-state index is 11.4. The van der Waals surface area contributed by atoms with Gasteiger partial charge in [-0.15, -0.1) is 0 Å². The Kier molecular flexibility index (Phi) is 2.71. The van der Waals surface area contributed by atoms with Crippen LogP contribution in [-0.4, -0.2) is 29.3 Å². The molecule has 1 aliphatic heterocycles. The average Bonchev–Trinajstić information content (AvgIpc) is 2.29. The second kappa shape index (κ2) is 3.46. The first kappa shape index (κ1) is 10.2. The number of carbonyl (C=O) groups is 2. The Morgan fingerprint density at radius 1 is 1.69 bits per heavy atom. The van der Waals surface area contributed by atoms with E-state index in [4.69, 9.17) is 0 Å². The summed E-state index contributed by atoms with van der Waals surface area (Å²) in [5.41, 5.74) is 2.88. The van der Waals surface area contributed by atoms with Crippen molar-refractivity contribution >= 4 is 12.2 Å². The van der Waals surface area contributed by atoms with Crippen molar-refractivity contribution in [3.05, 3.63) is 0 Å². The molecule has 74 valence electrons. The second-order valence-electron chi connectivity index (χ2n) is 4.03. The van der Waals surface area contributed by atoms with Gasteiger partial charge in [-0.25, -0.2) is 5.43 Å². The number of nitrogens with one attached hydrogen (secondary N) is 1. The molecule has 1 rings (SSSR count). The normalized spacial score (nSPS) is 28.6. The highest BCUT2D eigenvalue weighted by Gasteiger charge is 2.40. The van der Waals surface area contributed by atoms with E-state index in [9.17, 15) is 9.59 Å². The van der Waals surface area contributed by atoms with Crippen LogP contribution in [0.4, 0.5) is 0 Å². The Bertz CT molecular complexity index is 228. The molecule has 4 nitrogen and oxygen atoms in total. The predicted octanol–water partition coefficient (Wildman–Crippen LogP) is 0.337. The van der Waals surface area contributed by atoms with Crippen molar-refractivity contribution in [1.29, 1.82) is 0 Å². The topological polar surface area (TPSA) is 49.4 Å². The van der Waals surface area contributed by atoms with E-state index in [1.54, 1.807) is 0 Å². The van der Waals surface area contributed by atoms with Crippen molar-refractivity contribution in [2.24, 2.45) is 5.92 Å². The first-order chi connectivity index (χ1) is 5.99. The zero-order valence-corrected chi connectivity index (χ0v) is 8.33. The second-order valence-corrected chi connectivity index (χ2v) is 4.03. The molecular formula is C9H16N2O2. The summed E-state index contributed by atoms with van der Waals surface area (Å²) in [6.45, 7) is 6.26. The van der Waals surface area contributed by atoms with Crippen molar-refractivity contribution in [1.82, 2.24) is 10.4 Å². The molecule has 0 aliphatic carbocycles. The minimum absolute atomic E-state index is 0.00306. The molecule has 0 spiro atoms. The summed E-state index contributed by atoms with van der Waals surface area (Å²) >= 11 is 0. The maximum Gasteiger partial charge on any atom is 0.239 e. The molecule has 1 unspecified atom stereocenters. The first-order valence-corrected chi connectivity index (χ1v) is 4.51. The van der Waals surface area contributed by atoms with E-state index in [-0.39, 0.29) is 18.0 Å². The van der Waals surface area contributed by atoms with Crippen LogP contribution in [0.15, 0.2) is 0 Å². The van der Waals surface area contributed by atoms with Gasteiger partial charge in [-0.2, -0.15) is 0 Å². The SMILES string of the molecule is CC(C)C1(C)CC(=O)N(CC=O)N1. The Morgan fingerprint density at radius 3 is 2.69 bits per heavy atom. The lowest BCUT2D eigenvalue weighted by Crippen LogP contribution is -2.48. The molecule has 1 saturated heterocycles. The van der Waals surface area contributed by atoms with E-state index in [1.807, 2.05) is 6.92 Å². The van der Waals surface area contributed by atoms with Gasteiger partial charge in [0.25, 0.3) is 0 Å². The van der Waals surface area contributed by atoms with Crippen molar-refractivity contribution in [2.75, 3.05) is 6.54 Å². The molecule has 1 aliphatic rings. The summed E-state index contributed by atoms with van der Waals surface area (Å²) in [6.07, 6.45) is 1.20. The minimum Gasteiger partial charge on any atom is -0.301 e. The van der Waals surface area contributed by atoms with Crippen LogP contribution in [0.1, 0.15) is 27.2 Å². The lowest BCUT2D eigenvalue weighted by molar-refractivity contribution is -0.131. The van der Waals surface area contributed by atoms with Crippen LogP contribution in [0, 0.1) is 5.92 Å². The summed E-state index contributed by atoms with van der Waals surface area (Å²) in [4.78, 5) is 21.6. The van der Waals surface area contributed by atoms with Crippen LogP contribution in [0.3, 0.4) is 0 Å². The molecular weight excluding hydrogens is 168 g/mol. The van der Waals surface area contributed by atoms with E-state index in [0.717, 1.165) is 6.29 Å². The molecule has 1 atom stereocenters. The molecule has 13 heavy (non-hydrogen) atoms. The monoisotopic (exact) mass is 184 g/mol. The highest BCUT2D eigenvalue weighted by molar-refractivity contribution is 5.81. The predicted molar refractivity (Wildman–Crippen MR) is 48.8 cm³/mol. The van der Waals surface area contributed by atoms with Crippen molar-refractivity contribution in [3.63, 3.8) is 0 Å². The third kappa shape index (κ3) is 1.88. The molecule has 0 saturated carbocycles. The van der Waals surface area contributed by atoms with Crippen molar-refractivity contribution in [2.45, 2.75) is 32.7 Å². The van der Waals surface area contributed by atoms with Gasteiger partial charge in [-0.05, 0) is 12.8 Å². The van der Waals surface area contributed by atoms with Crippen molar-refractivity contribution in [3.8, 4) is 0 Å². The van der Waals surface area contributed by atoms with Gasteiger partial charge in [0.1, 0.15) is 6.29 Å². The van der Waals surface area contributed by atoms with E-state index in [0.29, 0.717) is 12.3 Å². The zero-order valence-electron chi connectivity index (χ0n) is 8.33. The van der Waals surface area contributed by atoms with Crippen molar-refractivity contribution < 1.29 is 9.59 Å². The number of rotatable bonds is 3. The lowest BCUT2D eigenvalue weighted by Gasteiger charge is -2.28. The zero-order chi connectivity index (χ0) is 10.1.